The first-order valence-corrected chi connectivity index (χ1v) is 13.6. The van der Waals surface area contributed by atoms with Gasteiger partial charge in [0.05, 0.1) is 23.4 Å². The Morgan fingerprint density at radius 1 is 1.07 bits per heavy atom. The summed E-state index contributed by atoms with van der Waals surface area (Å²) in [4.78, 5) is 34.6. The highest BCUT2D eigenvalue weighted by Crippen LogP contribution is 2.37. The minimum atomic E-state index is -4.48. The molecule has 1 fully saturated rings. The molecule has 2 aromatic heterocycles. The number of amides is 1. The maximum atomic E-state index is 13.1. The predicted molar refractivity (Wildman–Crippen MR) is 146 cm³/mol. The van der Waals surface area contributed by atoms with Gasteiger partial charge in [-0.05, 0) is 42.7 Å². The molecule has 7 nitrogen and oxygen atoms in total. The molecule has 1 saturated heterocycles. The lowest BCUT2D eigenvalue weighted by molar-refractivity contribution is -0.137. The molecule has 208 valence electrons. The Kier molecular flexibility index (Phi) is 7.88. The van der Waals surface area contributed by atoms with Gasteiger partial charge < -0.3 is 15.4 Å². The van der Waals surface area contributed by atoms with Gasteiger partial charge >= 0.3 is 6.18 Å². The average molecular weight is 569 g/mol. The third kappa shape index (κ3) is 6.33. The van der Waals surface area contributed by atoms with E-state index in [0.29, 0.717) is 25.3 Å². The summed E-state index contributed by atoms with van der Waals surface area (Å²) in [6.07, 6.45) is -3.97. The van der Waals surface area contributed by atoms with Crippen LogP contribution in [0.2, 0.25) is 0 Å². The number of benzene rings is 2. The van der Waals surface area contributed by atoms with Crippen LogP contribution in [-0.4, -0.2) is 39.0 Å². The third-order valence-corrected chi connectivity index (χ3v) is 7.89. The fraction of sp³-hybridized carbons (Fsp3) is 0.276. The summed E-state index contributed by atoms with van der Waals surface area (Å²) in [7, 11) is 0. The zero-order chi connectivity index (χ0) is 28.3. The number of aromatic nitrogens is 2. The second kappa shape index (κ2) is 11.4. The molecule has 0 bridgehead atoms. The molecule has 2 aromatic carbocycles. The lowest BCUT2D eigenvalue weighted by Crippen LogP contribution is -2.42. The number of halogens is 3. The van der Waals surface area contributed by atoms with E-state index < -0.39 is 28.8 Å². The summed E-state index contributed by atoms with van der Waals surface area (Å²) in [6.45, 7) is 1.42. The maximum Gasteiger partial charge on any atom is 0.416 e. The van der Waals surface area contributed by atoms with Crippen molar-refractivity contribution in [1.82, 2.24) is 20.2 Å². The summed E-state index contributed by atoms with van der Waals surface area (Å²) >= 11 is 1.42. The topological polar surface area (TPSA) is 98.3 Å². The molecule has 0 radical (unpaired) electrons. The van der Waals surface area contributed by atoms with Gasteiger partial charge in [-0.25, -0.2) is 4.98 Å². The molecule has 0 aliphatic carbocycles. The van der Waals surface area contributed by atoms with Crippen LogP contribution >= 0.6 is 11.3 Å². The van der Waals surface area contributed by atoms with Crippen molar-refractivity contribution in [2.75, 3.05) is 13.1 Å². The van der Waals surface area contributed by atoms with E-state index >= 15 is 0 Å². The van der Waals surface area contributed by atoms with E-state index in [9.17, 15) is 27.9 Å². The molecule has 3 heterocycles. The zero-order valence-corrected chi connectivity index (χ0v) is 22.2. The van der Waals surface area contributed by atoms with Gasteiger partial charge in [-0.15, -0.1) is 11.3 Å². The van der Waals surface area contributed by atoms with Crippen molar-refractivity contribution in [3.05, 3.63) is 110 Å². The molecule has 0 atom stereocenters. The predicted octanol–water partition coefficient (Wildman–Crippen LogP) is 4.93. The highest BCUT2D eigenvalue weighted by Gasteiger charge is 2.37. The number of aliphatic hydroxyl groups is 1. The van der Waals surface area contributed by atoms with Crippen molar-refractivity contribution < 1.29 is 23.1 Å². The third-order valence-electron chi connectivity index (χ3n) is 7.04. The molecule has 1 aliphatic rings. The number of hydrogen-bond acceptors (Lipinski definition) is 6. The summed E-state index contributed by atoms with van der Waals surface area (Å²) < 4.78 is 39.3. The highest BCUT2D eigenvalue weighted by molar-refractivity contribution is 7.09. The van der Waals surface area contributed by atoms with Gasteiger partial charge in [0.1, 0.15) is 10.6 Å². The Labute approximate surface area is 232 Å². The number of H-pyrrole nitrogens is 1. The van der Waals surface area contributed by atoms with E-state index in [4.69, 9.17) is 0 Å². The Morgan fingerprint density at radius 2 is 1.82 bits per heavy atom. The van der Waals surface area contributed by atoms with Crippen LogP contribution < -0.4 is 10.9 Å². The van der Waals surface area contributed by atoms with Crippen LogP contribution in [0, 0.1) is 0 Å². The number of rotatable bonds is 7. The van der Waals surface area contributed by atoms with E-state index in [1.54, 1.807) is 6.07 Å². The molecule has 0 spiro atoms. The maximum absolute atomic E-state index is 13.1. The second-order valence-corrected chi connectivity index (χ2v) is 10.7. The van der Waals surface area contributed by atoms with Crippen molar-refractivity contribution in [3.8, 4) is 11.3 Å². The second-order valence-electron chi connectivity index (χ2n) is 9.79. The Bertz CT molecular complexity index is 1540. The van der Waals surface area contributed by atoms with Crippen molar-refractivity contribution in [3.63, 3.8) is 0 Å². The summed E-state index contributed by atoms with van der Waals surface area (Å²) in [5.41, 5.74) is -0.0190. The number of likely N-dealkylation sites (tertiary alicyclic amines) is 1. The van der Waals surface area contributed by atoms with Crippen molar-refractivity contribution in [1.29, 1.82) is 0 Å². The molecule has 1 aliphatic heterocycles. The molecule has 1 amide bonds. The largest absolute Gasteiger partial charge is 0.416 e. The van der Waals surface area contributed by atoms with Gasteiger partial charge in [0.15, 0.2) is 0 Å². The molecule has 4 aromatic rings. The van der Waals surface area contributed by atoms with Gasteiger partial charge in [0, 0.05) is 36.3 Å². The van der Waals surface area contributed by atoms with Crippen LogP contribution in [0.4, 0.5) is 13.2 Å². The van der Waals surface area contributed by atoms with E-state index in [2.05, 4.69) is 15.3 Å². The highest BCUT2D eigenvalue weighted by atomic mass is 32.1. The van der Waals surface area contributed by atoms with Crippen LogP contribution in [0.3, 0.4) is 0 Å². The molecule has 3 N–H and O–H groups in total. The van der Waals surface area contributed by atoms with E-state index in [-0.39, 0.29) is 30.5 Å². The van der Waals surface area contributed by atoms with Crippen LogP contribution in [0.1, 0.15) is 45.0 Å². The van der Waals surface area contributed by atoms with Crippen molar-refractivity contribution >= 4 is 17.2 Å². The number of piperidine rings is 1. The number of pyridine rings is 1. The van der Waals surface area contributed by atoms with Crippen LogP contribution in [0.5, 0.6) is 0 Å². The van der Waals surface area contributed by atoms with E-state index in [0.717, 1.165) is 28.4 Å². The number of alkyl halides is 3. The summed E-state index contributed by atoms with van der Waals surface area (Å²) in [6, 6.07) is 17.7. The van der Waals surface area contributed by atoms with Crippen molar-refractivity contribution in [2.45, 2.75) is 37.7 Å². The molecule has 0 saturated carbocycles. The first kappa shape index (κ1) is 27.8. The Balaban J connectivity index is 1.16. The van der Waals surface area contributed by atoms with E-state index in [1.165, 1.54) is 29.5 Å². The number of nitrogens with one attached hydrogen (secondary N) is 2. The van der Waals surface area contributed by atoms with Gasteiger partial charge in [0.25, 0.3) is 11.5 Å². The first-order chi connectivity index (χ1) is 19.1. The SMILES string of the molecule is O=C(NCc1nc(-c2ccccc2)cs1)c1ccc(CN2CCC(O)(c3cccc(C(F)(F)F)c3)CC2)[nH]c1=O. The lowest BCUT2D eigenvalue weighted by Gasteiger charge is -2.38. The normalized spacial score (nSPS) is 15.6. The summed E-state index contributed by atoms with van der Waals surface area (Å²) in [5.74, 6) is -0.506. The number of hydrogen-bond donors (Lipinski definition) is 3. The number of aromatic amines is 1. The molecular weight excluding hydrogens is 541 g/mol. The fourth-order valence-corrected chi connectivity index (χ4v) is 5.51. The smallest absolute Gasteiger partial charge is 0.385 e. The number of nitrogens with zero attached hydrogens (tertiary/aromatic N) is 2. The quantitative estimate of drug-likeness (QED) is 0.294. The minimum Gasteiger partial charge on any atom is -0.385 e. The number of carbonyl (C=O) groups excluding carboxylic acids is 1. The van der Waals surface area contributed by atoms with Crippen LogP contribution in [-0.2, 0) is 24.9 Å². The van der Waals surface area contributed by atoms with Crippen LogP contribution in [0.15, 0.2) is 76.9 Å². The Morgan fingerprint density at radius 3 is 2.52 bits per heavy atom. The minimum absolute atomic E-state index is 0.0128. The Hall–Kier alpha value is -3.80. The molecule has 11 heteroatoms. The van der Waals surface area contributed by atoms with Gasteiger partial charge in [0.2, 0.25) is 0 Å². The molecular formula is C29H27F3N4O3S. The first-order valence-electron chi connectivity index (χ1n) is 12.7. The van der Waals surface area contributed by atoms with Crippen molar-refractivity contribution in [2.24, 2.45) is 0 Å². The van der Waals surface area contributed by atoms with Gasteiger partial charge in [-0.3, -0.25) is 14.5 Å². The number of carbonyl (C=O) groups is 1. The van der Waals surface area contributed by atoms with E-state index in [1.807, 2.05) is 40.6 Å². The molecule has 0 unspecified atom stereocenters. The lowest BCUT2D eigenvalue weighted by atomic mass is 9.83. The average Bonchev–Trinajstić information content (AvgIpc) is 3.43. The fourth-order valence-electron chi connectivity index (χ4n) is 4.77. The summed E-state index contributed by atoms with van der Waals surface area (Å²) in [5, 5.41) is 16.4. The monoisotopic (exact) mass is 568 g/mol. The van der Waals surface area contributed by atoms with Crippen LogP contribution in [0.25, 0.3) is 11.3 Å². The standard InChI is InChI=1S/C29H27F3N4O3S/c30-29(31,32)21-8-4-7-20(15-21)28(39)11-13-36(14-12-28)17-22-9-10-23(27(38)34-22)26(37)33-16-25-35-24(18-40-25)19-5-2-1-3-6-19/h1-10,15,18,39H,11-14,16-17H2,(H,33,37)(H,34,38). The zero-order valence-electron chi connectivity index (χ0n) is 21.4. The molecule has 5 rings (SSSR count). The van der Waals surface area contributed by atoms with Gasteiger partial charge in [-0.2, -0.15) is 13.2 Å². The number of thiazole rings is 1. The van der Waals surface area contributed by atoms with Gasteiger partial charge in [-0.1, -0.05) is 42.5 Å². The molecule has 40 heavy (non-hydrogen) atoms.